The molecule has 0 spiro atoms. The van der Waals surface area contributed by atoms with Gasteiger partial charge in [0.15, 0.2) is 0 Å². The standard InChI is InChI=1S/C15H13BrN4O/c16-13-5-6-14(12-4-2-1-3-11(12)13)18-15(21)7-9-20-10-8-17-19-20/h1-6,8,10H,7,9H2,(H,18,21). The Morgan fingerprint density at radius 3 is 2.76 bits per heavy atom. The second-order valence-electron chi connectivity index (χ2n) is 4.60. The molecule has 106 valence electrons. The number of anilines is 1. The van der Waals surface area contributed by atoms with Crippen LogP contribution in [0.25, 0.3) is 10.8 Å². The zero-order valence-electron chi connectivity index (χ0n) is 11.2. The monoisotopic (exact) mass is 344 g/mol. The molecule has 6 heteroatoms. The Bertz CT molecular complexity index is 770. The summed E-state index contributed by atoms with van der Waals surface area (Å²) < 4.78 is 2.65. The van der Waals surface area contributed by atoms with Crippen LogP contribution >= 0.6 is 15.9 Å². The average Bonchev–Trinajstić information content (AvgIpc) is 3.02. The van der Waals surface area contributed by atoms with Crippen molar-refractivity contribution in [3.8, 4) is 0 Å². The fourth-order valence-corrected chi connectivity index (χ4v) is 2.63. The van der Waals surface area contributed by atoms with Gasteiger partial charge in [-0.05, 0) is 17.5 Å². The molecule has 0 fully saturated rings. The van der Waals surface area contributed by atoms with Crippen LogP contribution in [0.5, 0.6) is 0 Å². The minimum absolute atomic E-state index is 0.0435. The van der Waals surface area contributed by atoms with E-state index < -0.39 is 0 Å². The molecule has 2 aromatic carbocycles. The zero-order valence-corrected chi connectivity index (χ0v) is 12.7. The number of hydrogen-bond acceptors (Lipinski definition) is 3. The number of fused-ring (bicyclic) bond motifs is 1. The molecule has 1 heterocycles. The molecule has 0 aliphatic heterocycles. The van der Waals surface area contributed by atoms with Crippen LogP contribution in [0.4, 0.5) is 5.69 Å². The van der Waals surface area contributed by atoms with Gasteiger partial charge in [0.2, 0.25) is 5.91 Å². The van der Waals surface area contributed by atoms with Gasteiger partial charge in [-0.1, -0.05) is 45.4 Å². The first-order valence-corrected chi connectivity index (χ1v) is 7.34. The maximum atomic E-state index is 12.1. The predicted octanol–water partition coefficient (Wildman–Crippen LogP) is 3.22. The molecule has 0 bridgehead atoms. The fraction of sp³-hybridized carbons (Fsp3) is 0.133. The second kappa shape index (κ2) is 6.05. The number of nitrogens with one attached hydrogen (secondary N) is 1. The molecule has 21 heavy (non-hydrogen) atoms. The highest BCUT2D eigenvalue weighted by Gasteiger charge is 2.08. The first-order chi connectivity index (χ1) is 10.2. The van der Waals surface area contributed by atoms with Crippen molar-refractivity contribution >= 4 is 38.3 Å². The number of hydrogen-bond donors (Lipinski definition) is 1. The number of carbonyl (C=O) groups is 1. The van der Waals surface area contributed by atoms with Gasteiger partial charge in [0, 0.05) is 28.2 Å². The second-order valence-corrected chi connectivity index (χ2v) is 5.46. The SMILES string of the molecule is O=C(CCn1ccnn1)Nc1ccc(Br)c2ccccc12. The summed E-state index contributed by atoms with van der Waals surface area (Å²) in [6.07, 6.45) is 3.69. The van der Waals surface area contributed by atoms with Crippen LogP contribution in [0.2, 0.25) is 0 Å². The number of rotatable bonds is 4. The maximum absolute atomic E-state index is 12.1. The molecule has 1 N–H and O–H groups in total. The van der Waals surface area contributed by atoms with Crippen LogP contribution in [-0.4, -0.2) is 20.9 Å². The Kier molecular flexibility index (Phi) is 3.96. The minimum Gasteiger partial charge on any atom is -0.325 e. The summed E-state index contributed by atoms with van der Waals surface area (Å²) in [7, 11) is 0. The summed E-state index contributed by atoms with van der Waals surface area (Å²) in [6, 6.07) is 11.8. The highest BCUT2D eigenvalue weighted by atomic mass is 79.9. The molecule has 0 saturated carbocycles. The topological polar surface area (TPSA) is 59.8 Å². The molecular weight excluding hydrogens is 332 g/mol. The summed E-state index contributed by atoms with van der Waals surface area (Å²) in [6.45, 7) is 0.514. The van der Waals surface area contributed by atoms with E-state index in [0.29, 0.717) is 13.0 Å². The molecule has 0 aliphatic rings. The molecule has 3 rings (SSSR count). The molecule has 0 aliphatic carbocycles. The van der Waals surface area contributed by atoms with E-state index in [-0.39, 0.29) is 5.91 Å². The van der Waals surface area contributed by atoms with E-state index in [1.165, 1.54) is 0 Å². The lowest BCUT2D eigenvalue weighted by molar-refractivity contribution is -0.116. The maximum Gasteiger partial charge on any atom is 0.226 e. The molecular formula is C15H13BrN4O. The first-order valence-electron chi connectivity index (χ1n) is 6.55. The van der Waals surface area contributed by atoms with Crippen LogP contribution in [-0.2, 0) is 11.3 Å². The summed E-state index contributed by atoms with van der Waals surface area (Å²) >= 11 is 3.52. The van der Waals surface area contributed by atoms with Gasteiger partial charge >= 0.3 is 0 Å². The molecule has 0 saturated heterocycles. The molecule has 5 nitrogen and oxygen atoms in total. The highest BCUT2D eigenvalue weighted by Crippen LogP contribution is 2.29. The van der Waals surface area contributed by atoms with E-state index in [1.807, 2.05) is 36.4 Å². The Morgan fingerprint density at radius 2 is 2.00 bits per heavy atom. The lowest BCUT2D eigenvalue weighted by Crippen LogP contribution is -2.15. The van der Waals surface area contributed by atoms with Gasteiger partial charge in [0.05, 0.1) is 12.7 Å². The summed E-state index contributed by atoms with van der Waals surface area (Å²) in [5.74, 6) is -0.0435. The quantitative estimate of drug-likeness (QED) is 0.790. The molecule has 0 atom stereocenters. The van der Waals surface area contributed by atoms with Crippen molar-refractivity contribution in [2.45, 2.75) is 13.0 Å². The summed E-state index contributed by atoms with van der Waals surface area (Å²) in [4.78, 5) is 12.1. The van der Waals surface area contributed by atoms with E-state index in [1.54, 1.807) is 17.1 Å². The van der Waals surface area contributed by atoms with Crippen molar-refractivity contribution in [2.75, 3.05) is 5.32 Å². The van der Waals surface area contributed by atoms with E-state index >= 15 is 0 Å². The van der Waals surface area contributed by atoms with Crippen molar-refractivity contribution in [1.29, 1.82) is 0 Å². The van der Waals surface area contributed by atoms with Crippen LogP contribution in [0.3, 0.4) is 0 Å². The van der Waals surface area contributed by atoms with Crippen LogP contribution < -0.4 is 5.32 Å². The normalized spacial score (nSPS) is 10.7. The van der Waals surface area contributed by atoms with E-state index in [4.69, 9.17) is 0 Å². The largest absolute Gasteiger partial charge is 0.325 e. The number of benzene rings is 2. The lowest BCUT2D eigenvalue weighted by Gasteiger charge is -2.10. The first kappa shape index (κ1) is 13.8. The number of carbonyl (C=O) groups excluding carboxylic acids is 1. The van der Waals surface area contributed by atoms with Gasteiger partial charge in [-0.2, -0.15) is 0 Å². The van der Waals surface area contributed by atoms with Gasteiger partial charge in [0.1, 0.15) is 0 Å². The summed E-state index contributed by atoms with van der Waals surface area (Å²) in [5, 5.41) is 12.6. The number of aryl methyl sites for hydroxylation is 1. The third-order valence-electron chi connectivity index (χ3n) is 3.18. The number of halogens is 1. The third kappa shape index (κ3) is 3.11. The van der Waals surface area contributed by atoms with Crippen molar-refractivity contribution in [1.82, 2.24) is 15.0 Å². The van der Waals surface area contributed by atoms with Gasteiger partial charge in [-0.15, -0.1) is 5.10 Å². The van der Waals surface area contributed by atoms with Crippen molar-refractivity contribution in [2.24, 2.45) is 0 Å². The average molecular weight is 345 g/mol. The Labute approximate surface area is 130 Å². The number of aromatic nitrogens is 3. The van der Waals surface area contributed by atoms with Crippen LogP contribution in [0, 0.1) is 0 Å². The van der Waals surface area contributed by atoms with Crippen LogP contribution in [0.15, 0.2) is 53.3 Å². The van der Waals surface area contributed by atoms with E-state index in [2.05, 4.69) is 31.6 Å². The minimum atomic E-state index is -0.0435. The fourth-order valence-electron chi connectivity index (χ4n) is 2.15. The molecule has 1 amide bonds. The van der Waals surface area contributed by atoms with Gasteiger partial charge < -0.3 is 5.32 Å². The van der Waals surface area contributed by atoms with Crippen LogP contribution in [0.1, 0.15) is 6.42 Å². The van der Waals surface area contributed by atoms with Gasteiger partial charge in [-0.25, -0.2) is 0 Å². The van der Waals surface area contributed by atoms with Gasteiger partial charge in [-0.3, -0.25) is 9.48 Å². The smallest absolute Gasteiger partial charge is 0.226 e. The Hall–Kier alpha value is -2.21. The molecule has 0 radical (unpaired) electrons. The van der Waals surface area contributed by atoms with E-state index in [9.17, 15) is 4.79 Å². The Morgan fingerprint density at radius 1 is 1.19 bits per heavy atom. The van der Waals surface area contributed by atoms with Gasteiger partial charge in [0.25, 0.3) is 0 Å². The number of nitrogens with zero attached hydrogens (tertiary/aromatic N) is 3. The Balaban J connectivity index is 1.75. The van der Waals surface area contributed by atoms with Crippen molar-refractivity contribution < 1.29 is 4.79 Å². The lowest BCUT2D eigenvalue weighted by atomic mass is 10.1. The van der Waals surface area contributed by atoms with E-state index in [0.717, 1.165) is 20.9 Å². The zero-order chi connectivity index (χ0) is 14.7. The highest BCUT2D eigenvalue weighted by molar-refractivity contribution is 9.10. The molecule has 0 unspecified atom stereocenters. The summed E-state index contributed by atoms with van der Waals surface area (Å²) in [5.41, 5.74) is 0.817. The predicted molar refractivity (Wildman–Crippen MR) is 84.9 cm³/mol. The van der Waals surface area contributed by atoms with Crippen molar-refractivity contribution in [3.63, 3.8) is 0 Å². The van der Waals surface area contributed by atoms with Crippen molar-refractivity contribution in [3.05, 3.63) is 53.3 Å². The number of amides is 1. The molecule has 3 aromatic rings. The molecule has 1 aromatic heterocycles. The third-order valence-corrected chi connectivity index (χ3v) is 3.88.